The molecule has 1 aromatic heterocycles. The van der Waals surface area contributed by atoms with E-state index in [9.17, 15) is 31.5 Å². The highest BCUT2D eigenvalue weighted by atomic mass is 32.2. The molecule has 3 aromatic rings. The molecule has 2 aromatic carbocycles. The summed E-state index contributed by atoms with van der Waals surface area (Å²) in [5.41, 5.74) is 1.36. The van der Waals surface area contributed by atoms with Crippen LogP contribution in [0.1, 0.15) is 64.3 Å². The highest BCUT2D eigenvalue weighted by molar-refractivity contribution is 7.88. The van der Waals surface area contributed by atoms with Crippen LogP contribution in [0.25, 0.3) is 0 Å². The van der Waals surface area contributed by atoms with Crippen LogP contribution in [0.3, 0.4) is 0 Å². The molecule has 7 nitrogen and oxygen atoms in total. The second-order valence-corrected chi connectivity index (χ2v) is 12.6. The summed E-state index contributed by atoms with van der Waals surface area (Å²) in [6.45, 7) is 1.78. The van der Waals surface area contributed by atoms with E-state index in [1.165, 1.54) is 34.6 Å². The number of carboxylic acid groups (broad SMARTS) is 1. The van der Waals surface area contributed by atoms with Crippen LogP contribution in [-0.4, -0.2) is 48.4 Å². The molecular formula is C30H32F3N3O4S. The predicted octanol–water partition coefficient (Wildman–Crippen LogP) is 5.92. The van der Waals surface area contributed by atoms with E-state index in [2.05, 4.69) is 9.88 Å². The third kappa shape index (κ3) is 6.56. The molecule has 218 valence electrons. The third-order valence-electron chi connectivity index (χ3n) is 8.20. The highest BCUT2D eigenvalue weighted by Crippen LogP contribution is 2.40. The van der Waals surface area contributed by atoms with E-state index in [0.717, 1.165) is 43.2 Å². The van der Waals surface area contributed by atoms with Gasteiger partial charge in [-0.25, -0.2) is 13.2 Å². The number of hydrogen-bond acceptors (Lipinski definition) is 5. The number of hydrogen-bond donors (Lipinski definition) is 1. The maximum Gasteiger partial charge on any atom is 0.416 e. The Hall–Kier alpha value is -3.44. The van der Waals surface area contributed by atoms with E-state index in [1.54, 1.807) is 18.5 Å². The van der Waals surface area contributed by atoms with Crippen LogP contribution in [0.15, 0.2) is 67.0 Å². The normalized spacial score (nSPS) is 18.0. The first-order valence-corrected chi connectivity index (χ1v) is 15.3. The number of nitrogens with zero attached hydrogens (tertiary/aromatic N) is 3. The van der Waals surface area contributed by atoms with Crippen LogP contribution in [0, 0.1) is 5.92 Å². The van der Waals surface area contributed by atoms with E-state index in [-0.39, 0.29) is 23.6 Å². The molecular weight excluding hydrogens is 555 g/mol. The molecule has 0 bridgehead atoms. The quantitative estimate of drug-likeness (QED) is 0.334. The largest absolute Gasteiger partial charge is 0.478 e. The van der Waals surface area contributed by atoms with Crippen molar-refractivity contribution < 1.29 is 31.5 Å². The fourth-order valence-electron chi connectivity index (χ4n) is 6.05. The molecule has 1 N–H and O–H groups in total. The molecule has 1 unspecified atom stereocenters. The number of anilines is 1. The van der Waals surface area contributed by atoms with Gasteiger partial charge in [0.25, 0.3) is 0 Å². The Balaban J connectivity index is 1.39. The lowest BCUT2D eigenvalue weighted by Gasteiger charge is -2.35. The molecule has 1 atom stereocenters. The molecule has 0 amide bonds. The number of aryl methyl sites for hydroxylation is 1. The van der Waals surface area contributed by atoms with Crippen molar-refractivity contribution in [2.45, 2.75) is 50.1 Å². The Morgan fingerprint density at radius 1 is 1.02 bits per heavy atom. The molecule has 1 fully saturated rings. The van der Waals surface area contributed by atoms with Crippen molar-refractivity contribution in [1.82, 2.24) is 9.29 Å². The number of aromatic nitrogens is 1. The van der Waals surface area contributed by atoms with Gasteiger partial charge in [0.05, 0.1) is 22.9 Å². The van der Waals surface area contributed by atoms with Gasteiger partial charge in [-0.05, 0) is 85.0 Å². The van der Waals surface area contributed by atoms with Crippen molar-refractivity contribution in [3.05, 3.63) is 94.8 Å². The van der Waals surface area contributed by atoms with Crippen LogP contribution in [0.5, 0.6) is 0 Å². The number of fused-ring (bicyclic) bond motifs is 1. The number of sulfonamides is 1. The molecule has 1 aliphatic heterocycles. The number of aromatic carboxylic acids is 1. The number of piperidine rings is 1. The number of pyridine rings is 1. The smallest absolute Gasteiger partial charge is 0.416 e. The summed E-state index contributed by atoms with van der Waals surface area (Å²) in [6.07, 6.45) is 2.10. The summed E-state index contributed by atoms with van der Waals surface area (Å²) in [5, 5.41) is 9.53. The zero-order chi connectivity index (χ0) is 29.2. The number of halogens is 3. The van der Waals surface area contributed by atoms with E-state index >= 15 is 0 Å². The van der Waals surface area contributed by atoms with Gasteiger partial charge < -0.3 is 10.0 Å². The molecule has 1 saturated heterocycles. The Morgan fingerprint density at radius 3 is 2.41 bits per heavy atom. The Kier molecular flexibility index (Phi) is 8.37. The number of rotatable bonds is 9. The van der Waals surface area contributed by atoms with Crippen LogP contribution >= 0.6 is 0 Å². The minimum atomic E-state index is -4.68. The van der Waals surface area contributed by atoms with Gasteiger partial charge in [-0.1, -0.05) is 24.3 Å². The Labute approximate surface area is 237 Å². The van der Waals surface area contributed by atoms with Crippen LogP contribution in [0.2, 0.25) is 0 Å². The zero-order valence-corrected chi connectivity index (χ0v) is 23.2. The monoisotopic (exact) mass is 587 g/mol. The van der Waals surface area contributed by atoms with Gasteiger partial charge in [-0.2, -0.15) is 17.5 Å². The predicted molar refractivity (Wildman–Crippen MR) is 149 cm³/mol. The molecule has 2 aliphatic rings. The van der Waals surface area contributed by atoms with Gasteiger partial charge in [-0.15, -0.1) is 0 Å². The number of benzene rings is 2. The molecule has 11 heteroatoms. The molecule has 5 rings (SSSR count). The summed E-state index contributed by atoms with van der Waals surface area (Å²) in [6, 6.07) is 12.7. The fraction of sp³-hybridized carbons (Fsp3) is 0.400. The number of carbonyl (C=O) groups is 1. The maximum atomic E-state index is 13.9. The van der Waals surface area contributed by atoms with Crippen molar-refractivity contribution in [2.24, 2.45) is 5.92 Å². The van der Waals surface area contributed by atoms with E-state index in [1.807, 2.05) is 12.1 Å². The second kappa shape index (κ2) is 11.8. The summed E-state index contributed by atoms with van der Waals surface area (Å²) < 4.78 is 70.4. The standard InChI is InChI=1S/C30H32F3N3O4S/c31-30(32,33)27-4-2-1-3-24(27)20-41(39,40)36(28-8-7-22-5-6-23(29(37)38)19-26(22)28)18-13-21-11-16-35(17-12-21)25-9-14-34-15-10-25/h1-6,9-10,14-15,19,21,28H,7-8,11-13,16-18,20H2,(H,37,38). The number of alkyl halides is 3. The first kappa shape index (κ1) is 29.1. The van der Waals surface area contributed by atoms with Gasteiger partial charge in [0, 0.05) is 37.7 Å². The minimum absolute atomic E-state index is 0.0545. The van der Waals surface area contributed by atoms with Crippen molar-refractivity contribution in [3.8, 4) is 0 Å². The SMILES string of the molecule is O=C(O)c1ccc2c(c1)C(N(CCC1CCN(c3ccncc3)CC1)S(=O)(=O)Cc1ccccc1C(F)(F)F)CC2. The van der Waals surface area contributed by atoms with Crippen molar-refractivity contribution in [2.75, 3.05) is 24.5 Å². The van der Waals surface area contributed by atoms with Gasteiger partial charge >= 0.3 is 12.1 Å². The Bertz CT molecular complexity index is 1490. The second-order valence-electron chi connectivity index (χ2n) is 10.7. The highest BCUT2D eigenvalue weighted by Gasteiger charge is 2.39. The average molecular weight is 588 g/mol. The summed E-state index contributed by atoms with van der Waals surface area (Å²) >= 11 is 0. The first-order chi connectivity index (χ1) is 19.5. The summed E-state index contributed by atoms with van der Waals surface area (Å²) in [4.78, 5) is 18.0. The average Bonchev–Trinajstić information content (AvgIpc) is 3.36. The molecule has 1 aliphatic carbocycles. The molecule has 2 heterocycles. The minimum Gasteiger partial charge on any atom is -0.478 e. The summed E-state index contributed by atoms with van der Waals surface area (Å²) in [7, 11) is -4.20. The number of carboxylic acids is 1. The lowest BCUT2D eigenvalue weighted by molar-refractivity contribution is -0.138. The lowest BCUT2D eigenvalue weighted by atomic mass is 9.93. The van der Waals surface area contributed by atoms with Crippen molar-refractivity contribution in [3.63, 3.8) is 0 Å². The molecule has 0 saturated carbocycles. The van der Waals surface area contributed by atoms with Crippen LogP contribution in [0.4, 0.5) is 18.9 Å². The van der Waals surface area contributed by atoms with Crippen molar-refractivity contribution in [1.29, 1.82) is 0 Å². The van der Waals surface area contributed by atoms with E-state index < -0.39 is 39.5 Å². The topological polar surface area (TPSA) is 90.8 Å². The van der Waals surface area contributed by atoms with E-state index in [0.29, 0.717) is 24.8 Å². The third-order valence-corrected chi connectivity index (χ3v) is 10.0. The zero-order valence-electron chi connectivity index (χ0n) is 22.4. The van der Waals surface area contributed by atoms with Gasteiger partial charge in [0.1, 0.15) is 0 Å². The first-order valence-electron chi connectivity index (χ1n) is 13.7. The summed E-state index contributed by atoms with van der Waals surface area (Å²) in [5.74, 6) is -1.65. The molecule has 0 radical (unpaired) electrons. The van der Waals surface area contributed by atoms with Crippen LogP contribution in [-0.2, 0) is 28.4 Å². The lowest BCUT2D eigenvalue weighted by Crippen LogP contribution is -2.39. The molecule has 0 spiro atoms. The van der Waals surface area contributed by atoms with Gasteiger partial charge in [0.15, 0.2) is 0 Å². The molecule has 41 heavy (non-hydrogen) atoms. The van der Waals surface area contributed by atoms with Crippen molar-refractivity contribution >= 4 is 21.7 Å². The van der Waals surface area contributed by atoms with Gasteiger partial charge in [0.2, 0.25) is 10.0 Å². The van der Waals surface area contributed by atoms with Gasteiger partial charge in [-0.3, -0.25) is 4.98 Å². The maximum absolute atomic E-state index is 13.9. The Morgan fingerprint density at radius 2 is 1.73 bits per heavy atom. The fourth-order valence-corrected chi connectivity index (χ4v) is 7.85. The van der Waals surface area contributed by atoms with Crippen LogP contribution < -0.4 is 4.90 Å². The van der Waals surface area contributed by atoms with E-state index in [4.69, 9.17) is 0 Å².